The van der Waals surface area contributed by atoms with Gasteiger partial charge in [-0.3, -0.25) is 9.59 Å². The smallest absolute Gasteiger partial charge is 0.224 e. The molecule has 1 heterocycles. The molecule has 0 radical (unpaired) electrons. The van der Waals surface area contributed by atoms with E-state index in [0.717, 1.165) is 16.5 Å². The number of carbonyl (C=O) groups is 2. The van der Waals surface area contributed by atoms with Crippen molar-refractivity contribution in [1.29, 1.82) is 0 Å². The van der Waals surface area contributed by atoms with E-state index in [1.165, 1.54) is 6.92 Å². The lowest BCUT2D eigenvalue weighted by Crippen LogP contribution is -2.38. The third-order valence-corrected chi connectivity index (χ3v) is 4.74. The molecule has 0 spiro atoms. The SMILES string of the molecule is COc1ccc(OC)c(N(CCNC(=O)Cc2c[nH]c3ccccc23)C(C)=O)c1. The van der Waals surface area contributed by atoms with Gasteiger partial charge < -0.3 is 24.7 Å². The molecule has 2 amide bonds. The van der Waals surface area contributed by atoms with Gasteiger partial charge in [-0.1, -0.05) is 18.2 Å². The summed E-state index contributed by atoms with van der Waals surface area (Å²) in [6.07, 6.45) is 2.12. The third kappa shape index (κ3) is 4.68. The first-order chi connectivity index (χ1) is 14.0. The minimum atomic E-state index is -0.151. The second kappa shape index (κ2) is 9.14. The van der Waals surface area contributed by atoms with Crippen molar-refractivity contribution in [2.45, 2.75) is 13.3 Å². The monoisotopic (exact) mass is 395 g/mol. The number of hydrogen-bond acceptors (Lipinski definition) is 4. The van der Waals surface area contributed by atoms with Crippen molar-refractivity contribution < 1.29 is 19.1 Å². The number of hydrogen-bond donors (Lipinski definition) is 2. The van der Waals surface area contributed by atoms with Gasteiger partial charge in [0, 0.05) is 43.2 Å². The minimum Gasteiger partial charge on any atom is -0.497 e. The van der Waals surface area contributed by atoms with Gasteiger partial charge in [0.15, 0.2) is 0 Å². The number of anilines is 1. The number of nitrogens with one attached hydrogen (secondary N) is 2. The van der Waals surface area contributed by atoms with Crippen molar-refractivity contribution in [1.82, 2.24) is 10.3 Å². The summed E-state index contributed by atoms with van der Waals surface area (Å²) in [7, 11) is 3.11. The van der Waals surface area contributed by atoms with Gasteiger partial charge in [0.2, 0.25) is 11.8 Å². The zero-order valence-electron chi connectivity index (χ0n) is 16.8. The molecule has 7 heteroatoms. The Labute approximate surface area is 169 Å². The Bertz CT molecular complexity index is 1010. The number of H-pyrrole nitrogens is 1. The number of benzene rings is 2. The highest BCUT2D eigenvalue weighted by atomic mass is 16.5. The predicted molar refractivity (Wildman–Crippen MR) is 113 cm³/mol. The summed E-state index contributed by atoms with van der Waals surface area (Å²) in [4.78, 5) is 29.3. The van der Waals surface area contributed by atoms with Crippen LogP contribution in [0, 0.1) is 0 Å². The van der Waals surface area contributed by atoms with E-state index in [-0.39, 0.29) is 18.2 Å². The fourth-order valence-corrected chi connectivity index (χ4v) is 3.28. The Kier molecular flexibility index (Phi) is 6.39. The number of ether oxygens (including phenoxy) is 2. The van der Waals surface area contributed by atoms with E-state index >= 15 is 0 Å². The summed E-state index contributed by atoms with van der Waals surface area (Å²) in [6.45, 7) is 2.12. The number of carbonyl (C=O) groups excluding carboxylic acids is 2. The molecule has 7 nitrogen and oxygen atoms in total. The average molecular weight is 395 g/mol. The van der Waals surface area contributed by atoms with Crippen molar-refractivity contribution >= 4 is 28.4 Å². The molecule has 0 fully saturated rings. The summed E-state index contributed by atoms with van der Waals surface area (Å²) in [5.74, 6) is 0.930. The Morgan fingerprint density at radius 2 is 1.90 bits per heavy atom. The number of aromatic amines is 1. The van der Waals surface area contributed by atoms with Gasteiger partial charge in [-0.05, 0) is 23.8 Å². The summed E-state index contributed by atoms with van der Waals surface area (Å²) >= 11 is 0. The first kappa shape index (κ1) is 20.3. The second-order valence-corrected chi connectivity index (χ2v) is 6.59. The van der Waals surface area contributed by atoms with E-state index in [1.54, 1.807) is 37.3 Å². The summed E-state index contributed by atoms with van der Waals surface area (Å²) in [5.41, 5.74) is 2.55. The highest BCUT2D eigenvalue weighted by molar-refractivity contribution is 5.93. The highest BCUT2D eigenvalue weighted by Crippen LogP contribution is 2.32. The molecule has 2 aromatic carbocycles. The summed E-state index contributed by atoms with van der Waals surface area (Å²) in [5, 5.41) is 3.92. The maximum absolute atomic E-state index is 12.4. The second-order valence-electron chi connectivity index (χ2n) is 6.59. The molecule has 1 aromatic heterocycles. The van der Waals surface area contributed by atoms with E-state index in [1.807, 2.05) is 30.5 Å². The van der Waals surface area contributed by atoms with Gasteiger partial charge >= 0.3 is 0 Å². The van der Waals surface area contributed by atoms with Gasteiger partial charge in [0.1, 0.15) is 11.5 Å². The molecule has 0 bridgehead atoms. The van der Waals surface area contributed by atoms with Crippen molar-refractivity contribution in [2.75, 3.05) is 32.2 Å². The van der Waals surface area contributed by atoms with Crippen LogP contribution in [0.4, 0.5) is 5.69 Å². The fraction of sp³-hybridized carbons (Fsp3) is 0.273. The Balaban J connectivity index is 1.64. The van der Waals surface area contributed by atoms with Gasteiger partial charge in [-0.2, -0.15) is 0 Å². The minimum absolute atomic E-state index is 0.101. The molecule has 0 saturated carbocycles. The van der Waals surface area contributed by atoms with E-state index in [0.29, 0.717) is 30.3 Å². The van der Waals surface area contributed by atoms with Crippen LogP contribution in [0.25, 0.3) is 10.9 Å². The largest absolute Gasteiger partial charge is 0.497 e. The van der Waals surface area contributed by atoms with E-state index in [9.17, 15) is 9.59 Å². The fourth-order valence-electron chi connectivity index (χ4n) is 3.28. The number of rotatable bonds is 8. The molecule has 0 aliphatic carbocycles. The highest BCUT2D eigenvalue weighted by Gasteiger charge is 2.17. The average Bonchev–Trinajstić information content (AvgIpc) is 3.13. The van der Waals surface area contributed by atoms with Gasteiger partial charge in [0.05, 0.1) is 26.3 Å². The van der Waals surface area contributed by atoms with Crippen LogP contribution in [0.3, 0.4) is 0 Å². The number of amides is 2. The van der Waals surface area contributed by atoms with Crippen LogP contribution < -0.4 is 19.7 Å². The molecule has 0 unspecified atom stereocenters. The van der Waals surface area contributed by atoms with Crippen LogP contribution in [0.1, 0.15) is 12.5 Å². The molecule has 29 heavy (non-hydrogen) atoms. The predicted octanol–water partition coefficient (Wildman–Crippen LogP) is 2.90. The molecule has 0 aliphatic rings. The number of para-hydroxylation sites is 1. The van der Waals surface area contributed by atoms with Gasteiger partial charge in [-0.25, -0.2) is 0 Å². The molecule has 0 aliphatic heterocycles. The first-order valence-electron chi connectivity index (χ1n) is 9.35. The van der Waals surface area contributed by atoms with E-state index in [4.69, 9.17) is 9.47 Å². The van der Waals surface area contributed by atoms with Crippen LogP contribution >= 0.6 is 0 Å². The maximum atomic E-state index is 12.4. The van der Waals surface area contributed by atoms with Crippen LogP contribution in [0.2, 0.25) is 0 Å². The van der Waals surface area contributed by atoms with E-state index in [2.05, 4.69) is 10.3 Å². The van der Waals surface area contributed by atoms with Crippen molar-refractivity contribution in [3.63, 3.8) is 0 Å². The summed E-state index contributed by atoms with van der Waals surface area (Å²) in [6, 6.07) is 13.1. The van der Waals surface area contributed by atoms with Gasteiger partial charge in [0.25, 0.3) is 0 Å². The van der Waals surface area contributed by atoms with Crippen molar-refractivity contribution in [3.05, 3.63) is 54.2 Å². The normalized spacial score (nSPS) is 10.6. The Morgan fingerprint density at radius 3 is 2.62 bits per heavy atom. The number of fused-ring (bicyclic) bond motifs is 1. The number of aromatic nitrogens is 1. The first-order valence-corrected chi connectivity index (χ1v) is 9.35. The van der Waals surface area contributed by atoms with Crippen molar-refractivity contribution in [2.24, 2.45) is 0 Å². The van der Waals surface area contributed by atoms with Crippen molar-refractivity contribution in [3.8, 4) is 11.5 Å². The third-order valence-electron chi connectivity index (χ3n) is 4.74. The number of methoxy groups -OCH3 is 2. The molecule has 3 rings (SSSR count). The lowest BCUT2D eigenvalue weighted by Gasteiger charge is -2.24. The summed E-state index contributed by atoms with van der Waals surface area (Å²) < 4.78 is 10.6. The lowest BCUT2D eigenvalue weighted by molar-refractivity contribution is -0.121. The Hall–Kier alpha value is -3.48. The molecule has 2 N–H and O–H groups in total. The van der Waals surface area contributed by atoms with Crippen LogP contribution in [0.5, 0.6) is 11.5 Å². The maximum Gasteiger partial charge on any atom is 0.224 e. The zero-order chi connectivity index (χ0) is 20.8. The topological polar surface area (TPSA) is 83.7 Å². The number of nitrogens with zero attached hydrogens (tertiary/aromatic N) is 1. The van der Waals surface area contributed by atoms with Gasteiger partial charge in [-0.15, -0.1) is 0 Å². The van der Waals surface area contributed by atoms with Crippen LogP contribution in [0.15, 0.2) is 48.7 Å². The quantitative estimate of drug-likeness (QED) is 0.614. The molecule has 0 atom stereocenters. The lowest BCUT2D eigenvalue weighted by atomic mass is 10.1. The molecular formula is C22H25N3O4. The van der Waals surface area contributed by atoms with E-state index < -0.39 is 0 Å². The van der Waals surface area contributed by atoms with Crippen LogP contribution in [-0.2, 0) is 16.0 Å². The standard InChI is InChI=1S/C22H25N3O4/c1-15(26)25(20-13-17(28-2)8-9-21(20)29-3)11-10-23-22(27)12-16-14-24-19-7-5-4-6-18(16)19/h4-9,13-14,24H,10-12H2,1-3H3,(H,23,27). The molecule has 0 saturated heterocycles. The molecule has 3 aromatic rings. The van der Waals surface area contributed by atoms with Crippen LogP contribution in [-0.4, -0.2) is 44.1 Å². The molecule has 152 valence electrons. The molecular weight excluding hydrogens is 370 g/mol. The zero-order valence-corrected chi connectivity index (χ0v) is 16.8. The Morgan fingerprint density at radius 1 is 1.10 bits per heavy atom.